The number of aromatic nitrogens is 3. The Hall–Kier alpha value is -2.37. The first-order valence-electron chi connectivity index (χ1n) is 7.41. The molecule has 0 amide bonds. The molecular formula is C16H20N4O2. The number of nitrogens with one attached hydrogen (secondary N) is 1. The molecule has 0 saturated carbocycles. The molecule has 1 N–H and O–H groups in total. The van der Waals surface area contributed by atoms with E-state index in [4.69, 9.17) is 4.74 Å². The van der Waals surface area contributed by atoms with Crippen LogP contribution >= 0.6 is 0 Å². The Labute approximate surface area is 129 Å². The molecular weight excluding hydrogens is 280 g/mol. The Morgan fingerprint density at radius 1 is 1.36 bits per heavy atom. The number of hydrogen-bond donors (Lipinski definition) is 1. The number of H-pyrrole nitrogens is 1. The highest BCUT2D eigenvalue weighted by molar-refractivity contribution is 5.50. The number of methoxy groups -OCH3 is 1. The van der Waals surface area contributed by atoms with Crippen molar-refractivity contribution in [2.24, 2.45) is 0 Å². The van der Waals surface area contributed by atoms with Gasteiger partial charge in [0.15, 0.2) is 5.75 Å². The van der Waals surface area contributed by atoms with Gasteiger partial charge in [0.2, 0.25) is 5.43 Å². The highest BCUT2D eigenvalue weighted by Crippen LogP contribution is 2.27. The second-order valence-corrected chi connectivity index (χ2v) is 5.63. The van der Waals surface area contributed by atoms with Crippen LogP contribution in [-0.4, -0.2) is 29.1 Å². The molecule has 2 aromatic heterocycles. The van der Waals surface area contributed by atoms with Gasteiger partial charge in [-0.05, 0) is 26.2 Å². The first-order valence-corrected chi connectivity index (χ1v) is 7.41. The summed E-state index contributed by atoms with van der Waals surface area (Å²) < 4.78 is 5.19. The van der Waals surface area contributed by atoms with E-state index in [1.54, 1.807) is 12.5 Å². The third-order valence-electron chi connectivity index (χ3n) is 4.13. The van der Waals surface area contributed by atoms with Gasteiger partial charge in [-0.15, -0.1) is 0 Å². The molecule has 1 aliphatic carbocycles. The lowest BCUT2D eigenvalue weighted by molar-refractivity contribution is 0.404. The van der Waals surface area contributed by atoms with Crippen LogP contribution in [0.5, 0.6) is 5.75 Å². The summed E-state index contributed by atoms with van der Waals surface area (Å²) in [4.78, 5) is 26.3. The number of rotatable bonds is 4. The van der Waals surface area contributed by atoms with Crippen molar-refractivity contribution in [1.82, 2.24) is 15.0 Å². The Morgan fingerprint density at radius 2 is 2.18 bits per heavy atom. The lowest BCUT2D eigenvalue weighted by Gasteiger charge is -2.20. The van der Waals surface area contributed by atoms with Gasteiger partial charge in [-0.2, -0.15) is 0 Å². The quantitative estimate of drug-likeness (QED) is 0.929. The van der Waals surface area contributed by atoms with Gasteiger partial charge in [0, 0.05) is 36.6 Å². The molecule has 116 valence electrons. The molecule has 1 aliphatic rings. The standard InChI is InChI=1S/C16H20N4O2/c1-10-15(22-3)14(21)11(7-17-10)8-20(2)16-12-5-4-6-13(12)18-9-19-16/h7,9H,4-6,8H2,1-3H3,(H,17,21). The van der Waals surface area contributed by atoms with Crippen molar-refractivity contribution in [3.05, 3.63) is 45.3 Å². The maximum Gasteiger partial charge on any atom is 0.228 e. The topological polar surface area (TPSA) is 71.1 Å². The Kier molecular flexibility index (Phi) is 3.83. The average molecular weight is 300 g/mol. The van der Waals surface area contributed by atoms with Gasteiger partial charge in [-0.25, -0.2) is 9.97 Å². The lowest BCUT2D eigenvalue weighted by atomic mass is 10.2. The summed E-state index contributed by atoms with van der Waals surface area (Å²) in [5, 5.41) is 0. The minimum atomic E-state index is -0.0729. The fraction of sp³-hybridized carbons (Fsp3) is 0.438. The van der Waals surface area contributed by atoms with Crippen molar-refractivity contribution in [3.63, 3.8) is 0 Å². The predicted octanol–water partition coefficient (Wildman–Crippen LogP) is 1.61. The molecule has 22 heavy (non-hydrogen) atoms. The fourth-order valence-electron chi connectivity index (χ4n) is 3.01. The van der Waals surface area contributed by atoms with E-state index >= 15 is 0 Å². The van der Waals surface area contributed by atoms with Crippen LogP contribution in [0.1, 0.15) is 28.9 Å². The SMILES string of the molecule is COc1c(C)[nH]cc(CN(C)c2ncnc3c2CCC3)c1=O. The number of ether oxygens (including phenoxy) is 1. The molecule has 0 saturated heterocycles. The zero-order valence-corrected chi connectivity index (χ0v) is 13.1. The van der Waals surface area contributed by atoms with Crippen molar-refractivity contribution >= 4 is 5.82 Å². The van der Waals surface area contributed by atoms with Crippen LogP contribution in [-0.2, 0) is 19.4 Å². The van der Waals surface area contributed by atoms with Crippen LogP contribution in [0.3, 0.4) is 0 Å². The van der Waals surface area contributed by atoms with Crippen LogP contribution in [0, 0.1) is 6.92 Å². The predicted molar refractivity (Wildman–Crippen MR) is 84.5 cm³/mol. The van der Waals surface area contributed by atoms with Crippen molar-refractivity contribution < 1.29 is 4.74 Å². The number of aromatic amines is 1. The lowest BCUT2D eigenvalue weighted by Crippen LogP contribution is -2.25. The number of pyridine rings is 1. The van der Waals surface area contributed by atoms with Gasteiger partial charge >= 0.3 is 0 Å². The summed E-state index contributed by atoms with van der Waals surface area (Å²) in [6.07, 6.45) is 6.49. The van der Waals surface area contributed by atoms with E-state index in [1.807, 2.05) is 18.9 Å². The van der Waals surface area contributed by atoms with E-state index in [1.165, 1.54) is 12.7 Å². The smallest absolute Gasteiger partial charge is 0.228 e. The molecule has 0 spiro atoms. The molecule has 2 heterocycles. The number of aryl methyl sites for hydroxylation is 2. The first kappa shape index (κ1) is 14.6. The maximum atomic E-state index is 12.4. The van der Waals surface area contributed by atoms with E-state index in [2.05, 4.69) is 15.0 Å². The Morgan fingerprint density at radius 3 is 2.95 bits per heavy atom. The van der Waals surface area contributed by atoms with E-state index in [0.717, 1.165) is 36.5 Å². The molecule has 0 bridgehead atoms. The maximum absolute atomic E-state index is 12.4. The van der Waals surface area contributed by atoms with Crippen LogP contribution in [0.25, 0.3) is 0 Å². The van der Waals surface area contributed by atoms with Crippen molar-refractivity contribution in [2.75, 3.05) is 19.1 Å². The number of nitrogens with zero attached hydrogens (tertiary/aromatic N) is 3. The Balaban J connectivity index is 1.91. The first-order chi connectivity index (χ1) is 10.6. The molecule has 6 nitrogen and oxygen atoms in total. The molecule has 2 aromatic rings. The van der Waals surface area contributed by atoms with Crippen LogP contribution in [0.4, 0.5) is 5.82 Å². The summed E-state index contributed by atoms with van der Waals surface area (Å²) in [5.41, 5.74) is 3.67. The van der Waals surface area contributed by atoms with E-state index in [-0.39, 0.29) is 5.43 Å². The molecule has 3 rings (SSSR count). The zero-order valence-electron chi connectivity index (χ0n) is 13.1. The van der Waals surface area contributed by atoms with E-state index in [9.17, 15) is 4.79 Å². The summed E-state index contributed by atoms with van der Waals surface area (Å²) in [6, 6.07) is 0. The summed E-state index contributed by atoms with van der Waals surface area (Å²) in [7, 11) is 3.47. The van der Waals surface area contributed by atoms with Gasteiger partial charge in [0.1, 0.15) is 12.1 Å². The van der Waals surface area contributed by atoms with Gasteiger partial charge in [0.25, 0.3) is 0 Å². The van der Waals surface area contributed by atoms with Crippen LogP contribution < -0.4 is 15.1 Å². The average Bonchev–Trinajstić information content (AvgIpc) is 2.99. The van der Waals surface area contributed by atoms with Crippen molar-refractivity contribution in [1.29, 1.82) is 0 Å². The highest BCUT2D eigenvalue weighted by atomic mass is 16.5. The summed E-state index contributed by atoms with van der Waals surface area (Å²) in [5.74, 6) is 1.29. The monoisotopic (exact) mass is 300 g/mol. The molecule has 0 atom stereocenters. The number of hydrogen-bond acceptors (Lipinski definition) is 5. The summed E-state index contributed by atoms with van der Waals surface area (Å²) >= 11 is 0. The zero-order chi connectivity index (χ0) is 15.7. The Bertz CT molecular complexity index is 754. The third kappa shape index (κ3) is 2.45. The molecule has 0 aliphatic heterocycles. The second kappa shape index (κ2) is 5.79. The van der Waals surface area contributed by atoms with E-state index in [0.29, 0.717) is 17.9 Å². The third-order valence-corrected chi connectivity index (χ3v) is 4.13. The van der Waals surface area contributed by atoms with Gasteiger partial charge in [-0.3, -0.25) is 4.79 Å². The summed E-state index contributed by atoms with van der Waals surface area (Å²) in [6.45, 7) is 2.31. The largest absolute Gasteiger partial charge is 0.491 e. The number of fused-ring (bicyclic) bond motifs is 1. The minimum absolute atomic E-state index is 0.0729. The van der Waals surface area contributed by atoms with Gasteiger partial charge < -0.3 is 14.6 Å². The molecule has 0 unspecified atom stereocenters. The van der Waals surface area contributed by atoms with E-state index < -0.39 is 0 Å². The van der Waals surface area contributed by atoms with Gasteiger partial charge in [-0.1, -0.05) is 0 Å². The van der Waals surface area contributed by atoms with Crippen LogP contribution in [0.15, 0.2) is 17.3 Å². The van der Waals surface area contributed by atoms with Crippen LogP contribution in [0.2, 0.25) is 0 Å². The van der Waals surface area contributed by atoms with Gasteiger partial charge in [0.05, 0.1) is 12.8 Å². The van der Waals surface area contributed by atoms with Crippen molar-refractivity contribution in [3.8, 4) is 5.75 Å². The normalized spacial score (nSPS) is 13.0. The van der Waals surface area contributed by atoms with Crippen molar-refractivity contribution in [2.45, 2.75) is 32.7 Å². The fourth-order valence-corrected chi connectivity index (χ4v) is 3.01. The highest BCUT2D eigenvalue weighted by Gasteiger charge is 2.20. The number of anilines is 1. The minimum Gasteiger partial charge on any atom is -0.491 e. The molecule has 0 radical (unpaired) electrons. The molecule has 0 aromatic carbocycles. The second-order valence-electron chi connectivity index (χ2n) is 5.63. The molecule has 0 fully saturated rings. The molecule has 6 heteroatoms.